The SMILES string of the molecule is COc1cccc2c(N(C)c3ccccc3)nc(N)nc12.Cl. The van der Waals surface area contributed by atoms with Crippen molar-refractivity contribution >= 4 is 40.8 Å². The molecule has 2 N–H and O–H groups in total. The van der Waals surface area contributed by atoms with Crippen molar-refractivity contribution in [1.29, 1.82) is 0 Å². The van der Waals surface area contributed by atoms with Crippen LogP contribution in [0.5, 0.6) is 5.75 Å². The van der Waals surface area contributed by atoms with Gasteiger partial charge in [-0.3, -0.25) is 0 Å². The minimum absolute atomic E-state index is 0. The summed E-state index contributed by atoms with van der Waals surface area (Å²) in [6.07, 6.45) is 0. The van der Waals surface area contributed by atoms with Crippen LogP contribution >= 0.6 is 12.4 Å². The van der Waals surface area contributed by atoms with E-state index in [-0.39, 0.29) is 18.4 Å². The minimum atomic E-state index is 0. The second-order valence-electron chi connectivity index (χ2n) is 4.66. The van der Waals surface area contributed by atoms with E-state index in [1.54, 1.807) is 7.11 Å². The third-order valence-corrected chi connectivity index (χ3v) is 3.37. The number of halogens is 1. The zero-order valence-electron chi connectivity index (χ0n) is 12.4. The van der Waals surface area contributed by atoms with Crippen LogP contribution in [0.4, 0.5) is 17.5 Å². The van der Waals surface area contributed by atoms with Crippen molar-refractivity contribution in [2.24, 2.45) is 0 Å². The number of para-hydroxylation sites is 2. The standard InChI is InChI=1S/C16H16N4O.ClH/c1-20(11-7-4-3-5-8-11)15-12-9-6-10-13(21-2)14(12)18-16(17)19-15;/h3-10H,1-2H3,(H2,17,18,19);1H. The molecule has 114 valence electrons. The van der Waals surface area contributed by atoms with Crippen LogP contribution in [0.25, 0.3) is 10.9 Å². The summed E-state index contributed by atoms with van der Waals surface area (Å²) in [5.41, 5.74) is 7.60. The predicted molar refractivity (Wildman–Crippen MR) is 92.3 cm³/mol. The number of methoxy groups -OCH3 is 1. The van der Waals surface area contributed by atoms with Crippen molar-refractivity contribution in [3.8, 4) is 5.75 Å². The van der Waals surface area contributed by atoms with Gasteiger partial charge in [-0.15, -0.1) is 12.4 Å². The van der Waals surface area contributed by atoms with E-state index in [0.717, 1.165) is 16.9 Å². The molecule has 0 aliphatic rings. The fourth-order valence-corrected chi connectivity index (χ4v) is 2.32. The molecule has 1 heterocycles. The maximum absolute atomic E-state index is 5.86. The minimum Gasteiger partial charge on any atom is -0.494 e. The van der Waals surface area contributed by atoms with E-state index >= 15 is 0 Å². The Hall–Kier alpha value is -2.53. The Bertz CT molecular complexity index is 780. The first kappa shape index (κ1) is 15.9. The predicted octanol–water partition coefficient (Wildman–Crippen LogP) is 3.41. The highest BCUT2D eigenvalue weighted by molar-refractivity contribution is 5.95. The van der Waals surface area contributed by atoms with Crippen molar-refractivity contribution in [2.75, 3.05) is 24.8 Å². The molecule has 0 spiro atoms. The Labute approximate surface area is 135 Å². The average molecular weight is 317 g/mol. The van der Waals surface area contributed by atoms with Crippen molar-refractivity contribution in [2.45, 2.75) is 0 Å². The Morgan fingerprint density at radius 3 is 2.41 bits per heavy atom. The fourth-order valence-electron chi connectivity index (χ4n) is 2.32. The van der Waals surface area contributed by atoms with Crippen LogP contribution in [0.3, 0.4) is 0 Å². The average Bonchev–Trinajstić information content (AvgIpc) is 2.53. The van der Waals surface area contributed by atoms with Gasteiger partial charge >= 0.3 is 0 Å². The summed E-state index contributed by atoms with van der Waals surface area (Å²) < 4.78 is 5.36. The van der Waals surface area contributed by atoms with Crippen molar-refractivity contribution < 1.29 is 4.74 Å². The number of nitrogens with two attached hydrogens (primary N) is 1. The van der Waals surface area contributed by atoms with Crippen LogP contribution in [0, 0.1) is 0 Å². The largest absolute Gasteiger partial charge is 0.494 e. The molecule has 0 unspecified atom stereocenters. The first-order chi connectivity index (χ1) is 10.2. The first-order valence-electron chi connectivity index (χ1n) is 6.59. The van der Waals surface area contributed by atoms with Crippen LogP contribution in [0.15, 0.2) is 48.5 Å². The highest BCUT2D eigenvalue weighted by atomic mass is 35.5. The summed E-state index contributed by atoms with van der Waals surface area (Å²) in [6.45, 7) is 0. The van der Waals surface area contributed by atoms with Crippen LogP contribution in [0.1, 0.15) is 0 Å². The van der Waals surface area contributed by atoms with Crippen LogP contribution in [-0.4, -0.2) is 24.1 Å². The van der Waals surface area contributed by atoms with E-state index in [0.29, 0.717) is 11.3 Å². The number of aromatic nitrogens is 2. The van der Waals surface area contributed by atoms with E-state index in [1.165, 1.54) is 0 Å². The zero-order chi connectivity index (χ0) is 14.8. The molecular formula is C16H17ClN4O. The molecule has 0 bridgehead atoms. The molecule has 0 saturated heterocycles. The third-order valence-electron chi connectivity index (χ3n) is 3.37. The van der Waals surface area contributed by atoms with E-state index < -0.39 is 0 Å². The number of fused-ring (bicyclic) bond motifs is 1. The number of ether oxygens (including phenoxy) is 1. The normalized spacial score (nSPS) is 10.1. The second kappa shape index (κ2) is 6.49. The number of hydrogen-bond acceptors (Lipinski definition) is 5. The summed E-state index contributed by atoms with van der Waals surface area (Å²) in [6, 6.07) is 15.7. The van der Waals surface area contributed by atoms with Gasteiger partial charge in [-0.05, 0) is 24.3 Å². The molecule has 6 heteroatoms. The number of benzene rings is 2. The molecule has 0 amide bonds. The molecule has 5 nitrogen and oxygen atoms in total. The topological polar surface area (TPSA) is 64.3 Å². The molecule has 3 rings (SSSR count). The van der Waals surface area contributed by atoms with E-state index in [1.807, 2.05) is 60.5 Å². The van der Waals surface area contributed by atoms with Gasteiger partial charge in [-0.2, -0.15) is 4.98 Å². The zero-order valence-corrected chi connectivity index (χ0v) is 13.2. The van der Waals surface area contributed by atoms with E-state index in [9.17, 15) is 0 Å². The van der Waals surface area contributed by atoms with Crippen LogP contribution < -0.4 is 15.4 Å². The molecular weight excluding hydrogens is 300 g/mol. The Balaban J connectivity index is 0.00000176. The number of hydrogen-bond donors (Lipinski definition) is 1. The number of nitrogens with zero attached hydrogens (tertiary/aromatic N) is 3. The van der Waals surface area contributed by atoms with Crippen molar-refractivity contribution in [3.63, 3.8) is 0 Å². The number of rotatable bonds is 3. The van der Waals surface area contributed by atoms with E-state index in [4.69, 9.17) is 10.5 Å². The van der Waals surface area contributed by atoms with Gasteiger partial charge < -0.3 is 15.4 Å². The lowest BCUT2D eigenvalue weighted by molar-refractivity contribution is 0.419. The van der Waals surface area contributed by atoms with Gasteiger partial charge in [0.2, 0.25) is 5.95 Å². The van der Waals surface area contributed by atoms with Gasteiger partial charge in [0, 0.05) is 18.1 Å². The van der Waals surface area contributed by atoms with Gasteiger partial charge in [-0.1, -0.05) is 24.3 Å². The summed E-state index contributed by atoms with van der Waals surface area (Å²) in [4.78, 5) is 10.7. The molecule has 0 saturated carbocycles. The lowest BCUT2D eigenvalue weighted by Crippen LogP contribution is -2.13. The maximum atomic E-state index is 5.86. The van der Waals surface area contributed by atoms with Gasteiger partial charge in [0.05, 0.1) is 7.11 Å². The summed E-state index contributed by atoms with van der Waals surface area (Å²) in [5.74, 6) is 1.66. The van der Waals surface area contributed by atoms with Crippen LogP contribution in [0.2, 0.25) is 0 Å². The Kier molecular flexibility index (Phi) is 4.68. The molecule has 0 fully saturated rings. The van der Waals surface area contributed by atoms with Gasteiger partial charge in [0.15, 0.2) is 0 Å². The van der Waals surface area contributed by atoms with Crippen molar-refractivity contribution in [1.82, 2.24) is 9.97 Å². The van der Waals surface area contributed by atoms with E-state index in [2.05, 4.69) is 9.97 Å². The first-order valence-corrected chi connectivity index (χ1v) is 6.59. The highest BCUT2D eigenvalue weighted by Crippen LogP contribution is 2.33. The third kappa shape index (κ3) is 2.76. The molecule has 3 aromatic rings. The summed E-state index contributed by atoms with van der Waals surface area (Å²) in [5, 5.41) is 0.898. The quantitative estimate of drug-likeness (QED) is 0.802. The molecule has 0 aliphatic heterocycles. The Morgan fingerprint density at radius 2 is 1.73 bits per heavy atom. The summed E-state index contributed by atoms with van der Waals surface area (Å²) in [7, 11) is 3.57. The molecule has 0 aliphatic carbocycles. The summed E-state index contributed by atoms with van der Waals surface area (Å²) >= 11 is 0. The van der Waals surface area contributed by atoms with Crippen molar-refractivity contribution in [3.05, 3.63) is 48.5 Å². The van der Waals surface area contributed by atoms with Gasteiger partial charge in [0.25, 0.3) is 0 Å². The molecule has 0 radical (unpaired) electrons. The molecule has 0 atom stereocenters. The number of anilines is 3. The second-order valence-corrected chi connectivity index (χ2v) is 4.66. The molecule has 1 aromatic heterocycles. The monoisotopic (exact) mass is 316 g/mol. The highest BCUT2D eigenvalue weighted by Gasteiger charge is 2.14. The lowest BCUT2D eigenvalue weighted by Gasteiger charge is -2.20. The molecule has 22 heavy (non-hydrogen) atoms. The van der Waals surface area contributed by atoms with Gasteiger partial charge in [0.1, 0.15) is 17.1 Å². The Morgan fingerprint density at radius 1 is 1.00 bits per heavy atom. The smallest absolute Gasteiger partial charge is 0.222 e. The molecule has 2 aromatic carbocycles. The van der Waals surface area contributed by atoms with Gasteiger partial charge in [-0.25, -0.2) is 4.98 Å². The maximum Gasteiger partial charge on any atom is 0.222 e. The fraction of sp³-hybridized carbons (Fsp3) is 0.125. The van der Waals surface area contributed by atoms with Crippen LogP contribution in [-0.2, 0) is 0 Å². The lowest BCUT2D eigenvalue weighted by atomic mass is 10.2. The number of nitrogen functional groups attached to an aromatic ring is 1.